The summed E-state index contributed by atoms with van der Waals surface area (Å²) in [5.74, 6) is 1.32. The molecule has 1 aliphatic heterocycles. The van der Waals surface area contributed by atoms with Crippen LogP contribution in [0.4, 0.5) is 5.69 Å². The van der Waals surface area contributed by atoms with Crippen LogP contribution in [0, 0.1) is 5.92 Å². The topological polar surface area (TPSA) is 76.8 Å². The van der Waals surface area contributed by atoms with E-state index in [1.807, 2.05) is 67.7 Å². The van der Waals surface area contributed by atoms with Crippen LogP contribution < -0.4 is 9.54 Å². The first-order valence-corrected chi connectivity index (χ1v) is 17.3. The Morgan fingerprint density at radius 3 is 2.32 bits per heavy atom. The number of pyridine rings is 1. The van der Waals surface area contributed by atoms with Crippen LogP contribution in [-0.2, 0) is 23.0 Å². The van der Waals surface area contributed by atoms with Crippen LogP contribution in [0.15, 0.2) is 119 Å². The summed E-state index contributed by atoms with van der Waals surface area (Å²) in [7, 11) is -3.57. The standard InChI is InChI=1S/C35H36N4O3S2/c1-2-42-32-14-12-31(13-15-32)37-35-39(25-29-9-6-20-36-24-29)34(26-43-35)30-10-16-33(17-11-30)44(40,41)38-21-18-28(19-22-38)23-27-7-4-3-5-8-27/h3-17,20,24,26,28H,2,18-19,21-23,25H2,1H3. The second-order valence-corrected chi connectivity index (χ2v) is 13.7. The molecule has 226 valence electrons. The minimum atomic E-state index is -3.57. The third-order valence-corrected chi connectivity index (χ3v) is 10.7. The van der Waals surface area contributed by atoms with Crippen molar-refractivity contribution in [2.45, 2.75) is 37.6 Å². The number of nitrogens with zero attached hydrogens (tertiary/aromatic N) is 4. The van der Waals surface area contributed by atoms with Crippen LogP contribution in [-0.4, -0.2) is 42.0 Å². The Labute approximate surface area is 263 Å². The quantitative estimate of drug-likeness (QED) is 0.169. The van der Waals surface area contributed by atoms with E-state index in [-0.39, 0.29) is 0 Å². The molecule has 7 nitrogen and oxygen atoms in total. The molecule has 0 saturated carbocycles. The fraction of sp³-hybridized carbons (Fsp3) is 0.257. The zero-order valence-electron chi connectivity index (χ0n) is 24.7. The summed E-state index contributed by atoms with van der Waals surface area (Å²) in [5.41, 5.74) is 5.09. The third kappa shape index (κ3) is 7.01. The van der Waals surface area contributed by atoms with Crippen LogP contribution in [0.2, 0.25) is 0 Å². The molecule has 1 saturated heterocycles. The number of sulfonamides is 1. The van der Waals surface area contributed by atoms with Gasteiger partial charge in [0, 0.05) is 30.9 Å². The second kappa shape index (κ2) is 13.7. The molecule has 9 heteroatoms. The van der Waals surface area contributed by atoms with E-state index >= 15 is 0 Å². The van der Waals surface area contributed by atoms with Gasteiger partial charge < -0.3 is 9.30 Å². The monoisotopic (exact) mass is 624 g/mol. The Morgan fingerprint density at radius 2 is 1.64 bits per heavy atom. The Kier molecular flexibility index (Phi) is 9.35. The molecular formula is C35H36N4O3S2. The first-order valence-electron chi connectivity index (χ1n) is 15.0. The van der Waals surface area contributed by atoms with E-state index in [0.717, 1.165) is 52.3 Å². The fourth-order valence-corrected chi connectivity index (χ4v) is 8.02. The van der Waals surface area contributed by atoms with E-state index in [1.165, 1.54) is 5.56 Å². The number of thiazole rings is 1. The Morgan fingerprint density at radius 1 is 0.909 bits per heavy atom. The summed E-state index contributed by atoms with van der Waals surface area (Å²) in [6.07, 6.45) is 6.36. The number of piperidine rings is 1. The van der Waals surface area contributed by atoms with E-state index < -0.39 is 10.0 Å². The van der Waals surface area contributed by atoms with Crippen molar-refractivity contribution in [2.24, 2.45) is 10.9 Å². The molecule has 6 rings (SSSR count). The predicted molar refractivity (Wildman–Crippen MR) is 176 cm³/mol. The average Bonchev–Trinajstić information content (AvgIpc) is 3.45. The average molecular weight is 625 g/mol. The number of benzene rings is 3. The highest BCUT2D eigenvalue weighted by molar-refractivity contribution is 7.89. The Hall–Kier alpha value is -4.05. The largest absolute Gasteiger partial charge is 0.494 e. The molecule has 0 N–H and O–H groups in total. The van der Waals surface area contributed by atoms with Crippen LogP contribution in [0.5, 0.6) is 5.75 Å². The number of hydrogen-bond acceptors (Lipinski definition) is 6. The lowest BCUT2D eigenvalue weighted by Gasteiger charge is -2.31. The third-order valence-electron chi connectivity index (χ3n) is 7.96. The van der Waals surface area contributed by atoms with Gasteiger partial charge in [-0.25, -0.2) is 13.4 Å². The van der Waals surface area contributed by atoms with Crippen molar-refractivity contribution in [1.82, 2.24) is 13.9 Å². The summed E-state index contributed by atoms with van der Waals surface area (Å²) in [6, 6.07) is 29.4. The van der Waals surface area contributed by atoms with Crippen molar-refractivity contribution in [1.29, 1.82) is 0 Å². The number of aromatic nitrogens is 2. The highest BCUT2D eigenvalue weighted by Gasteiger charge is 2.29. The molecule has 44 heavy (non-hydrogen) atoms. The summed E-state index contributed by atoms with van der Waals surface area (Å²) in [5, 5.41) is 2.07. The van der Waals surface area contributed by atoms with E-state index in [2.05, 4.69) is 39.2 Å². The highest BCUT2D eigenvalue weighted by atomic mass is 32.2. The van der Waals surface area contributed by atoms with Crippen molar-refractivity contribution in [3.05, 3.63) is 125 Å². The molecule has 0 spiro atoms. The van der Waals surface area contributed by atoms with Crippen molar-refractivity contribution in [3.63, 3.8) is 0 Å². The van der Waals surface area contributed by atoms with E-state index in [9.17, 15) is 8.42 Å². The normalized spacial score (nSPS) is 15.0. The van der Waals surface area contributed by atoms with Gasteiger partial charge in [-0.2, -0.15) is 4.31 Å². The molecule has 0 amide bonds. The summed E-state index contributed by atoms with van der Waals surface area (Å²) in [4.78, 5) is 10.4. The molecule has 3 aromatic carbocycles. The number of hydrogen-bond donors (Lipinski definition) is 0. The van der Waals surface area contributed by atoms with Crippen molar-refractivity contribution >= 4 is 27.0 Å². The zero-order chi connectivity index (χ0) is 30.4. The maximum absolute atomic E-state index is 13.6. The molecular weight excluding hydrogens is 589 g/mol. The van der Waals surface area contributed by atoms with Gasteiger partial charge in [-0.15, -0.1) is 11.3 Å². The molecule has 0 aliphatic carbocycles. The number of rotatable bonds is 10. The van der Waals surface area contributed by atoms with Gasteiger partial charge in [-0.1, -0.05) is 48.5 Å². The lowest BCUT2D eigenvalue weighted by Crippen LogP contribution is -2.38. The van der Waals surface area contributed by atoms with Gasteiger partial charge >= 0.3 is 0 Å². The maximum atomic E-state index is 13.6. The molecule has 0 unspecified atom stereocenters. The van der Waals surface area contributed by atoms with Crippen molar-refractivity contribution in [3.8, 4) is 17.0 Å². The molecule has 0 atom stereocenters. The van der Waals surface area contributed by atoms with Gasteiger partial charge in [-0.3, -0.25) is 4.98 Å². The fourth-order valence-electron chi connectivity index (χ4n) is 5.62. The van der Waals surface area contributed by atoms with Crippen molar-refractivity contribution in [2.75, 3.05) is 19.7 Å². The van der Waals surface area contributed by atoms with Gasteiger partial charge in [0.25, 0.3) is 0 Å². The van der Waals surface area contributed by atoms with Gasteiger partial charge in [0.2, 0.25) is 10.0 Å². The van der Waals surface area contributed by atoms with Gasteiger partial charge in [0.05, 0.1) is 29.4 Å². The molecule has 2 aromatic heterocycles. The van der Waals surface area contributed by atoms with E-state index in [0.29, 0.717) is 37.1 Å². The summed E-state index contributed by atoms with van der Waals surface area (Å²) in [6.45, 7) is 4.26. The maximum Gasteiger partial charge on any atom is 0.243 e. The van der Waals surface area contributed by atoms with Crippen LogP contribution in [0.3, 0.4) is 0 Å². The Balaban J connectivity index is 1.23. The summed E-state index contributed by atoms with van der Waals surface area (Å²) < 4.78 is 36.5. The Bertz CT molecular complexity index is 1830. The molecule has 5 aromatic rings. The van der Waals surface area contributed by atoms with Gasteiger partial charge in [-0.05, 0) is 91.3 Å². The van der Waals surface area contributed by atoms with Crippen molar-refractivity contribution < 1.29 is 13.2 Å². The first-order chi connectivity index (χ1) is 21.5. The van der Waals surface area contributed by atoms with E-state index in [1.54, 1.807) is 34.0 Å². The first kappa shape index (κ1) is 30.0. The minimum Gasteiger partial charge on any atom is -0.494 e. The van der Waals surface area contributed by atoms with Crippen LogP contribution >= 0.6 is 11.3 Å². The van der Waals surface area contributed by atoms with Crippen LogP contribution in [0.25, 0.3) is 11.3 Å². The predicted octanol–water partition coefficient (Wildman–Crippen LogP) is 6.93. The van der Waals surface area contributed by atoms with Gasteiger partial charge in [0.1, 0.15) is 5.75 Å². The number of ether oxygens (including phenoxy) is 1. The lowest BCUT2D eigenvalue weighted by molar-refractivity contribution is 0.273. The van der Waals surface area contributed by atoms with Crippen LogP contribution in [0.1, 0.15) is 30.9 Å². The second-order valence-electron chi connectivity index (χ2n) is 11.0. The molecule has 3 heterocycles. The molecule has 1 aliphatic rings. The van der Waals surface area contributed by atoms with Gasteiger partial charge in [0.15, 0.2) is 4.80 Å². The zero-order valence-corrected chi connectivity index (χ0v) is 26.4. The molecule has 0 bridgehead atoms. The molecule has 0 radical (unpaired) electrons. The van der Waals surface area contributed by atoms with E-state index in [4.69, 9.17) is 9.73 Å². The SMILES string of the molecule is CCOc1ccc(N=c2scc(-c3ccc(S(=O)(=O)N4CCC(Cc5ccccc5)CC4)cc3)n2Cc2cccnc2)cc1. The molecule has 1 fully saturated rings. The lowest BCUT2D eigenvalue weighted by atomic mass is 9.91. The smallest absolute Gasteiger partial charge is 0.243 e. The highest BCUT2D eigenvalue weighted by Crippen LogP contribution is 2.29. The minimum absolute atomic E-state index is 0.330. The summed E-state index contributed by atoms with van der Waals surface area (Å²) >= 11 is 1.55.